The summed E-state index contributed by atoms with van der Waals surface area (Å²) in [6.45, 7) is 7.29. The number of carbonyl (C=O) groups excluding carboxylic acids is 1. The van der Waals surface area contributed by atoms with Gasteiger partial charge in [0, 0.05) is 32.2 Å². The van der Waals surface area contributed by atoms with Gasteiger partial charge in [-0.2, -0.15) is 13.2 Å². The summed E-state index contributed by atoms with van der Waals surface area (Å²) in [5.74, 6) is 0.00106. The van der Waals surface area contributed by atoms with Crippen LogP contribution < -0.4 is 20.7 Å². The number of nitrogens with one attached hydrogen (secondary N) is 1. The van der Waals surface area contributed by atoms with Gasteiger partial charge >= 0.3 is 12.3 Å². The van der Waals surface area contributed by atoms with Crippen LogP contribution >= 0.6 is 0 Å². The molecule has 2 aliphatic rings. The fourth-order valence-electron chi connectivity index (χ4n) is 4.74. The topological polar surface area (TPSA) is 80.1 Å². The number of para-hydroxylation sites is 1. The molecule has 0 unspecified atom stereocenters. The number of piperazine rings is 1. The Morgan fingerprint density at radius 3 is 2.43 bits per heavy atom. The lowest BCUT2D eigenvalue weighted by Gasteiger charge is -2.42. The zero-order chi connectivity index (χ0) is 25.4. The maximum Gasteiger partial charge on any atom is 0.422 e. The number of benzene rings is 2. The number of nitrogens with zero attached hydrogens (tertiary/aromatic N) is 2. The first-order chi connectivity index (χ1) is 16.4. The van der Waals surface area contributed by atoms with Gasteiger partial charge in [-0.15, -0.1) is 0 Å². The molecule has 2 aromatic carbocycles. The predicted molar refractivity (Wildman–Crippen MR) is 128 cm³/mol. The summed E-state index contributed by atoms with van der Waals surface area (Å²) in [5, 5.41) is 2.90. The number of alkyl carbamates (subject to hydrolysis) is 1. The Morgan fingerprint density at radius 2 is 1.77 bits per heavy atom. The molecule has 0 bridgehead atoms. The lowest BCUT2D eigenvalue weighted by molar-refractivity contribution is -0.138. The van der Waals surface area contributed by atoms with Crippen LogP contribution in [0.5, 0.6) is 11.5 Å². The summed E-state index contributed by atoms with van der Waals surface area (Å²) >= 11 is 0. The lowest BCUT2D eigenvalue weighted by Crippen LogP contribution is -2.57. The standard InChI is InChI=1S/C25H31F3N4O3/c1-24(2,3)35-23(33)30-18-11-12-31-13-14-32(15-19(18)31)22-17(29)9-10-20(21(22)25(26,27)28)34-16-7-5-4-6-8-16/h4-10,18-19H,11-15,29H2,1-3H3,(H,30,33)/t18-,19+/m0/s1. The van der Waals surface area contributed by atoms with Gasteiger partial charge in [0.1, 0.15) is 22.7 Å². The molecule has 7 nitrogen and oxygen atoms in total. The van der Waals surface area contributed by atoms with E-state index in [1.165, 1.54) is 12.1 Å². The summed E-state index contributed by atoms with van der Waals surface area (Å²) in [4.78, 5) is 16.2. The van der Waals surface area contributed by atoms with Crippen molar-refractivity contribution in [1.29, 1.82) is 0 Å². The van der Waals surface area contributed by atoms with E-state index in [9.17, 15) is 18.0 Å². The quantitative estimate of drug-likeness (QED) is 0.593. The summed E-state index contributed by atoms with van der Waals surface area (Å²) in [6.07, 6.45) is -4.53. The lowest BCUT2D eigenvalue weighted by atomic mass is 10.0. The van der Waals surface area contributed by atoms with E-state index in [1.807, 2.05) is 0 Å². The summed E-state index contributed by atoms with van der Waals surface area (Å²) < 4.78 is 54.1. The average molecular weight is 493 g/mol. The number of carbonyl (C=O) groups is 1. The van der Waals surface area contributed by atoms with Crippen molar-refractivity contribution in [1.82, 2.24) is 10.2 Å². The molecule has 1 amide bonds. The maximum absolute atomic E-state index is 14.4. The van der Waals surface area contributed by atoms with Crippen molar-refractivity contribution in [3.05, 3.63) is 48.0 Å². The zero-order valence-electron chi connectivity index (χ0n) is 20.1. The number of halogens is 3. The molecule has 35 heavy (non-hydrogen) atoms. The molecular weight excluding hydrogens is 461 g/mol. The molecule has 0 radical (unpaired) electrons. The predicted octanol–water partition coefficient (Wildman–Crippen LogP) is 4.87. The Kier molecular flexibility index (Phi) is 6.77. The van der Waals surface area contributed by atoms with Gasteiger partial charge in [-0.25, -0.2) is 4.79 Å². The van der Waals surface area contributed by atoms with Crippen molar-refractivity contribution in [2.75, 3.05) is 36.8 Å². The first-order valence-corrected chi connectivity index (χ1v) is 11.6. The normalized spacial score (nSPS) is 20.9. The highest BCUT2D eigenvalue weighted by Crippen LogP contribution is 2.47. The average Bonchev–Trinajstić information content (AvgIpc) is 3.15. The van der Waals surface area contributed by atoms with Crippen LogP contribution in [0.4, 0.5) is 29.3 Å². The highest BCUT2D eigenvalue weighted by molar-refractivity contribution is 5.76. The molecule has 10 heteroatoms. The number of nitrogens with two attached hydrogens (primary N) is 1. The minimum Gasteiger partial charge on any atom is -0.457 e. The highest BCUT2D eigenvalue weighted by atomic mass is 19.4. The van der Waals surface area contributed by atoms with Gasteiger partial charge in [0.25, 0.3) is 0 Å². The van der Waals surface area contributed by atoms with E-state index in [-0.39, 0.29) is 35.8 Å². The number of fused-ring (bicyclic) bond motifs is 1. The van der Waals surface area contributed by atoms with Crippen LogP contribution in [-0.4, -0.2) is 54.9 Å². The molecule has 3 N–H and O–H groups in total. The van der Waals surface area contributed by atoms with E-state index in [2.05, 4.69) is 10.2 Å². The number of nitrogen functional groups attached to an aromatic ring is 1. The largest absolute Gasteiger partial charge is 0.457 e. The van der Waals surface area contributed by atoms with Crippen molar-refractivity contribution < 1.29 is 27.4 Å². The number of ether oxygens (including phenoxy) is 2. The fourth-order valence-corrected chi connectivity index (χ4v) is 4.74. The van der Waals surface area contributed by atoms with Crippen LogP contribution in [0.25, 0.3) is 0 Å². The second-order valence-electron chi connectivity index (χ2n) is 9.88. The van der Waals surface area contributed by atoms with Gasteiger partial charge < -0.3 is 25.4 Å². The molecule has 0 saturated carbocycles. The zero-order valence-corrected chi connectivity index (χ0v) is 20.1. The number of amides is 1. The third-order valence-electron chi connectivity index (χ3n) is 6.17. The Hall–Kier alpha value is -3.14. The second-order valence-corrected chi connectivity index (χ2v) is 9.88. The second kappa shape index (κ2) is 9.49. The van der Waals surface area contributed by atoms with Gasteiger partial charge in [0.2, 0.25) is 0 Å². The Balaban J connectivity index is 1.62. The van der Waals surface area contributed by atoms with E-state index >= 15 is 0 Å². The van der Waals surface area contributed by atoms with Crippen LogP contribution in [0.15, 0.2) is 42.5 Å². The number of rotatable bonds is 4. The van der Waals surface area contributed by atoms with Gasteiger partial charge in [-0.3, -0.25) is 4.90 Å². The van der Waals surface area contributed by atoms with Gasteiger partial charge in [0.05, 0.1) is 17.4 Å². The Labute approximate surface area is 203 Å². The molecule has 0 aliphatic carbocycles. The van der Waals surface area contributed by atoms with Crippen molar-refractivity contribution in [3.63, 3.8) is 0 Å². The molecule has 4 rings (SSSR count). The smallest absolute Gasteiger partial charge is 0.422 e. The fraction of sp³-hybridized carbons (Fsp3) is 0.480. The molecule has 0 aromatic heterocycles. The number of hydrogen-bond acceptors (Lipinski definition) is 6. The third kappa shape index (κ3) is 5.75. The van der Waals surface area contributed by atoms with Crippen LogP contribution in [0, 0.1) is 0 Å². The SMILES string of the molecule is CC(C)(C)OC(=O)N[C@H]1CCN2CCN(c3c(N)ccc(Oc4ccccc4)c3C(F)(F)F)C[C@H]12. The van der Waals surface area contributed by atoms with Crippen LogP contribution in [0.2, 0.25) is 0 Å². The molecule has 2 saturated heterocycles. The van der Waals surface area contributed by atoms with E-state index in [0.29, 0.717) is 25.3 Å². The Morgan fingerprint density at radius 1 is 1.06 bits per heavy atom. The molecule has 2 atom stereocenters. The summed E-state index contributed by atoms with van der Waals surface area (Å²) in [5.41, 5.74) is 4.53. The highest BCUT2D eigenvalue weighted by Gasteiger charge is 2.44. The summed E-state index contributed by atoms with van der Waals surface area (Å²) in [6, 6.07) is 10.6. The van der Waals surface area contributed by atoms with Crippen LogP contribution in [0.3, 0.4) is 0 Å². The van der Waals surface area contributed by atoms with Crippen LogP contribution in [-0.2, 0) is 10.9 Å². The molecule has 2 aliphatic heterocycles. The first kappa shape index (κ1) is 25.0. The van der Waals surface area contributed by atoms with Gasteiger partial charge in [-0.05, 0) is 51.5 Å². The molecule has 190 valence electrons. The first-order valence-electron chi connectivity index (χ1n) is 11.6. The van der Waals surface area contributed by atoms with E-state index < -0.39 is 23.4 Å². The van der Waals surface area contributed by atoms with E-state index in [4.69, 9.17) is 15.2 Å². The summed E-state index contributed by atoms with van der Waals surface area (Å²) in [7, 11) is 0. The van der Waals surface area contributed by atoms with Gasteiger partial charge in [-0.1, -0.05) is 18.2 Å². The van der Waals surface area contributed by atoms with Crippen molar-refractivity contribution in [3.8, 4) is 11.5 Å². The molecule has 2 fully saturated rings. The molecule has 0 spiro atoms. The van der Waals surface area contributed by atoms with Crippen molar-refractivity contribution >= 4 is 17.5 Å². The number of hydrogen-bond donors (Lipinski definition) is 2. The van der Waals surface area contributed by atoms with Crippen molar-refractivity contribution in [2.24, 2.45) is 0 Å². The van der Waals surface area contributed by atoms with E-state index in [0.717, 1.165) is 6.54 Å². The van der Waals surface area contributed by atoms with Crippen molar-refractivity contribution in [2.45, 2.75) is 51.1 Å². The minimum absolute atomic E-state index is 0.0286. The van der Waals surface area contributed by atoms with E-state index in [1.54, 1.807) is 56.0 Å². The van der Waals surface area contributed by atoms with Crippen LogP contribution in [0.1, 0.15) is 32.8 Å². The van der Waals surface area contributed by atoms with Gasteiger partial charge in [0.15, 0.2) is 0 Å². The number of anilines is 2. The molecular formula is C25H31F3N4O3. The monoisotopic (exact) mass is 492 g/mol. The minimum atomic E-state index is -4.68. The number of alkyl halides is 3. The Bertz CT molecular complexity index is 1060. The molecule has 2 aromatic rings. The molecule has 2 heterocycles. The third-order valence-corrected chi connectivity index (χ3v) is 6.17. The maximum atomic E-state index is 14.4.